The monoisotopic (exact) mass is 408 g/mol. The van der Waals surface area contributed by atoms with Gasteiger partial charge in [-0.15, -0.1) is 11.3 Å². The van der Waals surface area contributed by atoms with Crippen molar-refractivity contribution in [2.24, 2.45) is 5.92 Å². The van der Waals surface area contributed by atoms with Crippen LogP contribution < -0.4 is 10.2 Å². The van der Waals surface area contributed by atoms with E-state index in [1.165, 1.54) is 22.6 Å². The minimum atomic E-state index is -0.0428. The number of thiazole rings is 1. The second-order valence-electron chi connectivity index (χ2n) is 8.91. The van der Waals surface area contributed by atoms with Gasteiger partial charge in [0.15, 0.2) is 5.13 Å². The first kappa shape index (κ1) is 19.8. The molecule has 3 heterocycles. The maximum Gasteiger partial charge on any atom is 0.231 e. The number of pyridine rings is 1. The maximum atomic E-state index is 12.9. The summed E-state index contributed by atoms with van der Waals surface area (Å²) >= 11 is 1.50. The van der Waals surface area contributed by atoms with Gasteiger partial charge in [0.1, 0.15) is 0 Å². The summed E-state index contributed by atoms with van der Waals surface area (Å²) in [5.74, 6) is 0.0258. The first-order valence-electron chi connectivity index (χ1n) is 10.2. The van der Waals surface area contributed by atoms with Crippen LogP contribution in [0.2, 0.25) is 0 Å². The Morgan fingerprint density at radius 3 is 2.86 bits per heavy atom. The molecule has 0 bridgehead atoms. The van der Waals surface area contributed by atoms with E-state index in [0.29, 0.717) is 5.13 Å². The van der Waals surface area contributed by atoms with Gasteiger partial charge in [-0.2, -0.15) is 0 Å². The van der Waals surface area contributed by atoms with E-state index >= 15 is 0 Å². The van der Waals surface area contributed by atoms with Gasteiger partial charge < -0.3 is 10.2 Å². The summed E-state index contributed by atoms with van der Waals surface area (Å²) in [7, 11) is 0. The number of nitrogens with one attached hydrogen (secondary N) is 1. The number of nitrogens with zero attached hydrogens (tertiary/aromatic N) is 3. The molecule has 1 N–H and O–H groups in total. The molecule has 6 heteroatoms. The van der Waals surface area contributed by atoms with Crippen molar-refractivity contribution >= 4 is 39.0 Å². The van der Waals surface area contributed by atoms with Gasteiger partial charge in [-0.05, 0) is 38.0 Å². The normalized spacial score (nSPS) is 17.5. The minimum absolute atomic E-state index is 0.0123. The van der Waals surface area contributed by atoms with Crippen LogP contribution in [0, 0.1) is 12.8 Å². The third kappa shape index (κ3) is 4.27. The van der Waals surface area contributed by atoms with Gasteiger partial charge in [-0.25, -0.2) is 4.98 Å². The quantitative estimate of drug-likeness (QED) is 0.651. The predicted octanol–water partition coefficient (Wildman–Crippen LogP) is 5.15. The number of hydrogen-bond acceptors (Lipinski definition) is 5. The van der Waals surface area contributed by atoms with Crippen LogP contribution in [0.5, 0.6) is 0 Å². The maximum absolute atomic E-state index is 12.9. The Morgan fingerprint density at radius 1 is 1.28 bits per heavy atom. The Labute approximate surface area is 176 Å². The molecule has 1 unspecified atom stereocenters. The van der Waals surface area contributed by atoms with Crippen LogP contribution in [0.3, 0.4) is 0 Å². The summed E-state index contributed by atoms with van der Waals surface area (Å²) in [5.41, 5.74) is 4.39. The van der Waals surface area contributed by atoms with Crippen LogP contribution in [0.15, 0.2) is 35.8 Å². The Bertz CT molecular complexity index is 1040. The van der Waals surface area contributed by atoms with Crippen molar-refractivity contribution in [3.8, 4) is 0 Å². The number of carbonyl (C=O) groups excluding carboxylic acids is 1. The van der Waals surface area contributed by atoms with Gasteiger partial charge in [-0.3, -0.25) is 9.78 Å². The van der Waals surface area contributed by atoms with E-state index in [2.05, 4.69) is 72.1 Å². The number of aryl methyl sites for hydroxylation is 1. The molecule has 1 aromatic carbocycles. The predicted molar refractivity (Wildman–Crippen MR) is 121 cm³/mol. The number of rotatable bonds is 3. The highest BCUT2D eigenvalue weighted by Crippen LogP contribution is 2.31. The third-order valence-electron chi connectivity index (χ3n) is 5.51. The fraction of sp³-hybridized carbons (Fsp3) is 0.435. The molecule has 1 saturated heterocycles. The lowest BCUT2D eigenvalue weighted by molar-refractivity contribution is -0.120. The molecule has 0 aliphatic carbocycles. The highest BCUT2D eigenvalue weighted by atomic mass is 32.1. The summed E-state index contributed by atoms with van der Waals surface area (Å²) in [6, 6.07) is 8.41. The summed E-state index contributed by atoms with van der Waals surface area (Å²) in [6.07, 6.45) is 3.76. The van der Waals surface area contributed by atoms with E-state index in [9.17, 15) is 4.79 Å². The zero-order chi connectivity index (χ0) is 20.6. The van der Waals surface area contributed by atoms with Crippen LogP contribution in [0.25, 0.3) is 10.9 Å². The lowest BCUT2D eigenvalue weighted by Gasteiger charge is -2.34. The zero-order valence-corrected chi connectivity index (χ0v) is 18.3. The number of benzene rings is 1. The number of piperidine rings is 1. The molecule has 5 nitrogen and oxygen atoms in total. The molecular weight excluding hydrogens is 380 g/mol. The summed E-state index contributed by atoms with van der Waals surface area (Å²) in [4.78, 5) is 24.4. The molecule has 1 atom stereocenters. The molecule has 1 aliphatic rings. The van der Waals surface area contributed by atoms with E-state index < -0.39 is 0 Å². The molecule has 0 saturated carbocycles. The largest absolute Gasteiger partial charge is 0.370 e. The molecular formula is C23H28N4OS. The number of anilines is 2. The molecule has 1 aliphatic heterocycles. The van der Waals surface area contributed by atoms with Crippen molar-refractivity contribution in [1.82, 2.24) is 9.97 Å². The van der Waals surface area contributed by atoms with Crippen LogP contribution in [-0.4, -0.2) is 29.0 Å². The zero-order valence-electron chi connectivity index (χ0n) is 17.5. The first-order chi connectivity index (χ1) is 13.8. The fourth-order valence-electron chi connectivity index (χ4n) is 3.81. The Balaban J connectivity index is 1.51. The topological polar surface area (TPSA) is 58.1 Å². The number of amides is 1. The van der Waals surface area contributed by atoms with E-state index in [4.69, 9.17) is 0 Å². The number of aromatic nitrogens is 2. The van der Waals surface area contributed by atoms with Crippen molar-refractivity contribution in [3.63, 3.8) is 0 Å². The van der Waals surface area contributed by atoms with E-state index in [-0.39, 0.29) is 17.2 Å². The van der Waals surface area contributed by atoms with Crippen LogP contribution in [-0.2, 0) is 10.2 Å². The Kier molecular flexibility index (Phi) is 5.30. The van der Waals surface area contributed by atoms with Gasteiger partial charge in [0.25, 0.3) is 0 Å². The molecule has 1 fully saturated rings. The minimum Gasteiger partial charge on any atom is -0.370 e. The van der Waals surface area contributed by atoms with E-state index in [1.807, 2.05) is 11.6 Å². The van der Waals surface area contributed by atoms with Crippen molar-refractivity contribution in [2.75, 3.05) is 23.3 Å². The van der Waals surface area contributed by atoms with Gasteiger partial charge in [0.05, 0.1) is 17.1 Å². The second kappa shape index (κ2) is 7.75. The number of fused-ring (bicyclic) bond motifs is 1. The Morgan fingerprint density at radius 2 is 2.10 bits per heavy atom. The van der Waals surface area contributed by atoms with Crippen LogP contribution in [0.4, 0.5) is 10.8 Å². The molecule has 0 radical (unpaired) electrons. The summed E-state index contributed by atoms with van der Waals surface area (Å²) < 4.78 is 0. The Hall–Kier alpha value is -2.47. The average molecular weight is 409 g/mol. The summed E-state index contributed by atoms with van der Waals surface area (Å²) in [6.45, 7) is 10.2. The van der Waals surface area contributed by atoms with Gasteiger partial charge in [0, 0.05) is 41.2 Å². The molecule has 2 aromatic heterocycles. The van der Waals surface area contributed by atoms with Crippen molar-refractivity contribution in [3.05, 3.63) is 47.1 Å². The summed E-state index contributed by atoms with van der Waals surface area (Å²) in [5, 5.41) is 6.94. The second-order valence-corrected chi connectivity index (χ2v) is 9.77. The average Bonchev–Trinajstić information content (AvgIpc) is 3.16. The SMILES string of the molecule is Cc1ccc2nccc(N3CCCC(C(=O)Nc4nc(C(C)(C)C)cs4)C3)c2c1. The molecule has 0 spiro atoms. The van der Waals surface area contributed by atoms with E-state index in [1.54, 1.807) is 0 Å². The lowest BCUT2D eigenvalue weighted by Crippen LogP contribution is -2.40. The molecule has 152 valence electrons. The van der Waals surface area contributed by atoms with Crippen LogP contribution in [0.1, 0.15) is 44.9 Å². The van der Waals surface area contributed by atoms with Gasteiger partial charge in [0.2, 0.25) is 5.91 Å². The van der Waals surface area contributed by atoms with Crippen molar-refractivity contribution in [1.29, 1.82) is 0 Å². The first-order valence-corrected chi connectivity index (χ1v) is 11.1. The molecule has 3 aromatic rings. The van der Waals surface area contributed by atoms with Crippen LogP contribution >= 0.6 is 11.3 Å². The van der Waals surface area contributed by atoms with Crippen molar-refractivity contribution in [2.45, 2.75) is 46.0 Å². The third-order valence-corrected chi connectivity index (χ3v) is 6.27. The van der Waals surface area contributed by atoms with Gasteiger partial charge in [-0.1, -0.05) is 32.4 Å². The fourth-order valence-corrected chi connectivity index (χ4v) is 4.75. The molecule has 1 amide bonds. The smallest absolute Gasteiger partial charge is 0.231 e. The molecule has 4 rings (SSSR count). The highest BCUT2D eigenvalue weighted by molar-refractivity contribution is 7.13. The van der Waals surface area contributed by atoms with Crippen molar-refractivity contribution < 1.29 is 4.79 Å². The highest BCUT2D eigenvalue weighted by Gasteiger charge is 2.28. The van der Waals surface area contributed by atoms with E-state index in [0.717, 1.165) is 42.5 Å². The lowest BCUT2D eigenvalue weighted by atomic mass is 9.93. The standard InChI is InChI=1S/C23H28N4OS/c1-15-7-8-18-17(12-15)19(9-10-24-18)27-11-5-6-16(13-27)21(28)26-22-25-20(14-29-22)23(2,3)4/h7-10,12,14,16H,5-6,11,13H2,1-4H3,(H,25,26,28). The number of hydrogen-bond donors (Lipinski definition) is 1. The van der Waals surface area contributed by atoms with Gasteiger partial charge >= 0.3 is 0 Å². The molecule has 29 heavy (non-hydrogen) atoms. The number of carbonyl (C=O) groups is 1.